The van der Waals surface area contributed by atoms with Crippen LogP contribution in [0, 0.1) is 0 Å². The lowest BCUT2D eigenvalue weighted by molar-refractivity contribution is 0.0696. The summed E-state index contributed by atoms with van der Waals surface area (Å²) in [4.78, 5) is 15.6. The van der Waals surface area contributed by atoms with E-state index in [1.54, 1.807) is 24.3 Å². The zero-order valence-electron chi connectivity index (χ0n) is 11.4. The number of carboxylic acid groups (broad SMARTS) is 1. The second kappa shape index (κ2) is 6.78. The maximum absolute atomic E-state index is 11.2. The van der Waals surface area contributed by atoms with Crippen LogP contribution in [0.3, 0.4) is 0 Å². The molecule has 0 amide bonds. The Kier molecular flexibility index (Phi) is 5.04. The molecule has 2 N–H and O–H groups in total. The number of aromatic carboxylic acids is 1. The molecule has 1 heterocycles. The zero-order valence-corrected chi connectivity index (χ0v) is 12.9. The molecule has 0 aliphatic heterocycles. The predicted molar refractivity (Wildman–Crippen MR) is 84.9 cm³/mol. The molecule has 2 aromatic rings. The van der Waals surface area contributed by atoms with Crippen molar-refractivity contribution in [3.8, 4) is 0 Å². The predicted octanol–water partition coefficient (Wildman–Crippen LogP) is 4.78. The minimum Gasteiger partial charge on any atom is -0.478 e. The number of aryl methyl sites for hydroxylation is 1. The third-order valence-corrected chi connectivity index (χ3v) is 3.66. The normalized spacial score (nSPS) is 10.4. The maximum Gasteiger partial charge on any atom is 0.335 e. The quantitative estimate of drug-likeness (QED) is 0.830. The maximum atomic E-state index is 11.2. The number of halogens is 2. The third-order valence-electron chi connectivity index (χ3n) is 2.85. The number of carbonyl (C=O) groups is 1. The first-order chi connectivity index (χ1) is 10.0. The zero-order chi connectivity index (χ0) is 15.4. The molecular weight excluding hydrogens is 311 g/mol. The van der Waals surface area contributed by atoms with Crippen LogP contribution in [0.4, 0.5) is 11.5 Å². The lowest BCUT2D eigenvalue weighted by Gasteiger charge is -2.11. The van der Waals surface area contributed by atoms with Crippen molar-refractivity contribution in [2.45, 2.75) is 19.8 Å². The monoisotopic (exact) mass is 324 g/mol. The molecule has 0 saturated heterocycles. The van der Waals surface area contributed by atoms with Gasteiger partial charge in [-0.1, -0.05) is 42.6 Å². The Morgan fingerprint density at radius 1 is 1.33 bits per heavy atom. The van der Waals surface area contributed by atoms with Crippen molar-refractivity contribution in [2.24, 2.45) is 0 Å². The van der Waals surface area contributed by atoms with E-state index < -0.39 is 5.97 Å². The average molecular weight is 325 g/mol. The van der Waals surface area contributed by atoms with E-state index in [0.717, 1.165) is 12.1 Å². The van der Waals surface area contributed by atoms with Crippen LogP contribution in [0.2, 0.25) is 10.0 Å². The molecule has 2 rings (SSSR count). The van der Waals surface area contributed by atoms with Gasteiger partial charge in [-0.2, -0.15) is 0 Å². The highest BCUT2D eigenvalue weighted by Gasteiger charge is 2.10. The van der Waals surface area contributed by atoms with Crippen LogP contribution in [-0.4, -0.2) is 16.1 Å². The molecule has 0 aliphatic carbocycles. The number of hydrogen-bond donors (Lipinski definition) is 2. The van der Waals surface area contributed by atoms with E-state index >= 15 is 0 Å². The standard InChI is InChI=1S/C15H14Cl2N2O2/c1-2-4-10-7-9(15(20)21)8-13(18-10)19-12-6-3-5-11(16)14(12)17/h3,5-8H,2,4H2,1H3,(H,18,19)(H,20,21). The number of carboxylic acids is 1. The summed E-state index contributed by atoms with van der Waals surface area (Å²) in [5, 5.41) is 13.0. The van der Waals surface area contributed by atoms with E-state index in [0.29, 0.717) is 28.0 Å². The molecule has 0 saturated carbocycles. The molecule has 4 nitrogen and oxygen atoms in total. The summed E-state index contributed by atoms with van der Waals surface area (Å²) in [7, 11) is 0. The van der Waals surface area contributed by atoms with E-state index in [9.17, 15) is 4.79 Å². The molecule has 0 unspecified atom stereocenters. The fourth-order valence-corrected chi connectivity index (χ4v) is 2.25. The number of aromatic nitrogens is 1. The minimum atomic E-state index is -0.991. The first-order valence-electron chi connectivity index (χ1n) is 6.46. The van der Waals surface area contributed by atoms with E-state index in [1.807, 2.05) is 6.92 Å². The molecule has 1 aromatic heterocycles. The molecule has 0 bridgehead atoms. The number of nitrogens with zero attached hydrogens (tertiary/aromatic N) is 1. The molecule has 0 fully saturated rings. The minimum absolute atomic E-state index is 0.189. The summed E-state index contributed by atoms with van der Waals surface area (Å²) < 4.78 is 0. The van der Waals surface area contributed by atoms with Crippen LogP contribution in [0.25, 0.3) is 0 Å². The second-order valence-electron chi connectivity index (χ2n) is 4.51. The van der Waals surface area contributed by atoms with Crippen molar-refractivity contribution in [1.82, 2.24) is 4.98 Å². The smallest absolute Gasteiger partial charge is 0.335 e. The topological polar surface area (TPSA) is 62.2 Å². The fourth-order valence-electron chi connectivity index (χ4n) is 1.90. The summed E-state index contributed by atoms with van der Waals surface area (Å²) in [5.74, 6) is -0.558. The van der Waals surface area contributed by atoms with Gasteiger partial charge in [-0.05, 0) is 30.7 Å². The number of rotatable bonds is 5. The number of nitrogens with one attached hydrogen (secondary N) is 1. The van der Waals surface area contributed by atoms with Crippen LogP contribution in [0.1, 0.15) is 29.4 Å². The molecular formula is C15H14Cl2N2O2. The van der Waals surface area contributed by atoms with Crippen molar-refractivity contribution in [3.63, 3.8) is 0 Å². The summed E-state index contributed by atoms with van der Waals surface area (Å²) >= 11 is 12.1. The fraction of sp³-hybridized carbons (Fsp3) is 0.200. The Hall–Kier alpha value is -1.78. The van der Waals surface area contributed by atoms with Gasteiger partial charge in [-0.15, -0.1) is 0 Å². The van der Waals surface area contributed by atoms with Gasteiger partial charge in [0.05, 0.1) is 21.3 Å². The Morgan fingerprint density at radius 3 is 2.76 bits per heavy atom. The highest BCUT2D eigenvalue weighted by atomic mass is 35.5. The van der Waals surface area contributed by atoms with Gasteiger partial charge in [0, 0.05) is 5.69 Å². The molecule has 110 valence electrons. The SMILES string of the molecule is CCCc1cc(C(=O)O)cc(Nc2cccc(Cl)c2Cl)n1. The number of hydrogen-bond acceptors (Lipinski definition) is 3. The Morgan fingerprint density at radius 2 is 2.10 bits per heavy atom. The van der Waals surface area contributed by atoms with Gasteiger partial charge in [-0.25, -0.2) is 9.78 Å². The molecule has 21 heavy (non-hydrogen) atoms. The summed E-state index contributed by atoms with van der Waals surface area (Å²) in [6.45, 7) is 2.01. The Balaban J connectivity index is 2.38. The lowest BCUT2D eigenvalue weighted by Crippen LogP contribution is -2.04. The van der Waals surface area contributed by atoms with Crippen molar-refractivity contribution in [3.05, 3.63) is 51.6 Å². The molecule has 6 heteroatoms. The van der Waals surface area contributed by atoms with Crippen LogP contribution in [0.5, 0.6) is 0 Å². The number of pyridine rings is 1. The van der Waals surface area contributed by atoms with Crippen molar-refractivity contribution in [2.75, 3.05) is 5.32 Å². The van der Waals surface area contributed by atoms with Gasteiger partial charge in [-0.3, -0.25) is 0 Å². The Bertz CT molecular complexity index is 675. The van der Waals surface area contributed by atoms with Gasteiger partial charge in [0.15, 0.2) is 0 Å². The van der Waals surface area contributed by atoms with E-state index in [4.69, 9.17) is 28.3 Å². The third kappa shape index (κ3) is 3.86. The first-order valence-corrected chi connectivity index (χ1v) is 7.22. The van der Waals surface area contributed by atoms with Gasteiger partial charge in [0.1, 0.15) is 5.82 Å². The van der Waals surface area contributed by atoms with Crippen molar-refractivity contribution in [1.29, 1.82) is 0 Å². The molecule has 0 radical (unpaired) electrons. The summed E-state index contributed by atoms with van der Waals surface area (Å²) in [6, 6.07) is 8.24. The van der Waals surface area contributed by atoms with Crippen LogP contribution < -0.4 is 5.32 Å². The van der Waals surface area contributed by atoms with Gasteiger partial charge < -0.3 is 10.4 Å². The lowest BCUT2D eigenvalue weighted by atomic mass is 10.1. The molecule has 1 aromatic carbocycles. The molecule has 0 spiro atoms. The number of anilines is 2. The molecule has 0 atom stereocenters. The van der Waals surface area contributed by atoms with Gasteiger partial charge in [0.25, 0.3) is 0 Å². The summed E-state index contributed by atoms with van der Waals surface area (Å²) in [6.07, 6.45) is 1.59. The van der Waals surface area contributed by atoms with Crippen LogP contribution >= 0.6 is 23.2 Å². The second-order valence-corrected chi connectivity index (χ2v) is 5.30. The van der Waals surface area contributed by atoms with E-state index in [-0.39, 0.29) is 5.56 Å². The highest BCUT2D eigenvalue weighted by molar-refractivity contribution is 6.43. The van der Waals surface area contributed by atoms with E-state index in [2.05, 4.69) is 10.3 Å². The highest BCUT2D eigenvalue weighted by Crippen LogP contribution is 2.31. The van der Waals surface area contributed by atoms with Gasteiger partial charge in [0.2, 0.25) is 0 Å². The largest absolute Gasteiger partial charge is 0.478 e. The van der Waals surface area contributed by atoms with Crippen molar-refractivity contribution < 1.29 is 9.90 Å². The number of benzene rings is 1. The Labute approximate surface area is 132 Å². The molecule has 0 aliphatic rings. The first kappa shape index (κ1) is 15.6. The van der Waals surface area contributed by atoms with Gasteiger partial charge >= 0.3 is 5.97 Å². The van der Waals surface area contributed by atoms with E-state index in [1.165, 1.54) is 6.07 Å². The average Bonchev–Trinajstić information content (AvgIpc) is 2.44. The van der Waals surface area contributed by atoms with Crippen molar-refractivity contribution >= 4 is 40.7 Å². The van der Waals surface area contributed by atoms with Crippen LogP contribution in [0.15, 0.2) is 30.3 Å². The summed E-state index contributed by atoms with van der Waals surface area (Å²) in [5.41, 5.74) is 1.49. The van der Waals surface area contributed by atoms with Crippen LogP contribution in [-0.2, 0) is 6.42 Å².